The highest BCUT2D eigenvalue weighted by Gasteiger charge is 2.24. The second-order valence-corrected chi connectivity index (χ2v) is 6.18. The number of rotatable bonds is 4. The van der Waals surface area contributed by atoms with Gasteiger partial charge in [-0.25, -0.2) is 4.98 Å². The number of pyridine rings is 1. The van der Waals surface area contributed by atoms with Crippen LogP contribution in [0.5, 0.6) is 0 Å². The third-order valence-corrected chi connectivity index (χ3v) is 3.54. The Hall–Kier alpha value is -1.13. The van der Waals surface area contributed by atoms with Gasteiger partial charge in [-0.1, -0.05) is 13.8 Å². The van der Waals surface area contributed by atoms with E-state index in [9.17, 15) is 0 Å². The number of anilines is 1. The van der Waals surface area contributed by atoms with E-state index in [4.69, 9.17) is 4.74 Å². The monoisotopic (exact) mass is 277 g/mol. The normalized spacial score (nSPS) is 23.4. The summed E-state index contributed by atoms with van der Waals surface area (Å²) in [6.45, 7) is 13.4. The number of aryl methyl sites for hydroxylation is 1. The Balaban J connectivity index is 2.09. The number of hydrogen-bond acceptors (Lipinski definition) is 4. The fourth-order valence-electron chi connectivity index (χ4n) is 2.73. The summed E-state index contributed by atoms with van der Waals surface area (Å²) < 4.78 is 5.79. The lowest BCUT2D eigenvalue weighted by Gasteiger charge is -2.36. The number of aromatic nitrogens is 1. The van der Waals surface area contributed by atoms with E-state index in [1.807, 2.05) is 6.20 Å². The largest absolute Gasteiger partial charge is 0.372 e. The Morgan fingerprint density at radius 2 is 2.00 bits per heavy atom. The lowest BCUT2D eigenvalue weighted by molar-refractivity contribution is -0.00549. The third-order valence-electron chi connectivity index (χ3n) is 3.54. The van der Waals surface area contributed by atoms with Crippen molar-refractivity contribution in [3.8, 4) is 0 Å². The van der Waals surface area contributed by atoms with Crippen LogP contribution >= 0.6 is 0 Å². The van der Waals surface area contributed by atoms with Gasteiger partial charge in [0.2, 0.25) is 0 Å². The predicted octanol–water partition coefficient (Wildman–Crippen LogP) is 2.50. The Kier molecular flexibility index (Phi) is 5.00. The Bertz CT molecular complexity index is 437. The zero-order valence-corrected chi connectivity index (χ0v) is 13.3. The minimum absolute atomic E-state index is 0.266. The van der Waals surface area contributed by atoms with Crippen LogP contribution in [0.15, 0.2) is 12.3 Å². The highest BCUT2D eigenvalue weighted by molar-refractivity contribution is 5.48. The van der Waals surface area contributed by atoms with Gasteiger partial charge in [-0.05, 0) is 38.0 Å². The van der Waals surface area contributed by atoms with Crippen molar-refractivity contribution >= 4 is 5.82 Å². The molecule has 1 aromatic heterocycles. The Morgan fingerprint density at radius 1 is 1.35 bits per heavy atom. The molecule has 2 unspecified atom stereocenters. The standard InChI is InChI=1S/C16H27N3O/c1-11(2)17-7-15-6-12(3)16(18-8-15)19-9-13(4)20-14(5)10-19/h6,8,11,13-14,17H,7,9-10H2,1-5H3. The van der Waals surface area contributed by atoms with E-state index in [1.54, 1.807) is 0 Å². The molecule has 0 spiro atoms. The van der Waals surface area contributed by atoms with Gasteiger partial charge in [-0.2, -0.15) is 0 Å². The number of nitrogens with zero attached hydrogens (tertiary/aromatic N) is 2. The second-order valence-electron chi connectivity index (χ2n) is 6.18. The molecule has 4 nitrogen and oxygen atoms in total. The summed E-state index contributed by atoms with van der Waals surface area (Å²) in [5.41, 5.74) is 2.49. The van der Waals surface area contributed by atoms with Crippen LogP contribution in [0.2, 0.25) is 0 Å². The van der Waals surface area contributed by atoms with Crippen molar-refractivity contribution in [3.63, 3.8) is 0 Å². The molecule has 0 aromatic carbocycles. The molecule has 0 bridgehead atoms. The molecule has 0 radical (unpaired) electrons. The summed E-state index contributed by atoms with van der Waals surface area (Å²) in [6, 6.07) is 2.73. The highest BCUT2D eigenvalue weighted by atomic mass is 16.5. The zero-order valence-electron chi connectivity index (χ0n) is 13.3. The smallest absolute Gasteiger partial charge is 0.131 e. The first kappa shape index (κ1) is 15.3. The third kappa shape index (κ3) is 3.93. The maximum absolute atomic E-state index is 5.79. The number of morpholine rings is 1. The molecule has 2 heterocycles. The van der Waals surface area contributed by atoms with Gasteiger partial charge in [-0.3, -0.25) is 0 Å². The topological polar surface area (TPSA) is 37.4 Å². The van der Waals surface area contributed by atoms with Crippen molar-refractivity contribution in [2.75, 3.05) is 18.0 Å². The van der Waals surface area contributed by atoms with Gasteiger partial charge in [-0.15, -0.1) is 0 Å². The fraction of sp³-hybridized carbons (Fsp3) is 0.688. The molecule has 2 atom stereocenters. The minimum Gasteiger partial charge on any atom is -0.372 e. The first-order valence-electron chi connectivity index (χ1n) is 7.55. The van der Waals surface area contributed by atoms with Crippen molar-refractivity contribution in [1.82, 2.24) is 10.3 Å². The van der Waals surface area contributed by atoms with Gasteiger partial charge >= 0.3 is 0 Å². The molecule has 1 saturated heterocycles. The van der Waals surface area contributed by atoms with E-state index < -0.39 is 0 Å². The average Bonchev–Trinajstić information content (AvgIpc) is 2.35. The first-order valence-corrected chi connectivity index (χ1v) is 7.55. The molecule has 4 heteroatoms. The molecule has 1 aromatic rings. The van der Waals surface area contributed by atoms with Crippen molar-refractivity contribution < 1.29 is 4.74 Å². The summed E-state index contributed by atoms with van der Waals surface area (Å²) in [5.74, 6) is 1.10. The number of hydrogen-bond donors (Lipinski definition) is 1. The molecule has 1 N–H and O–H groups in total. The van der Waals surface area contributed by atoms with Crippen LogP contribution in [0.25, 0.3) is 0 Å². The molecule has 1 fully saturated rings. The molecular formula is C16H27N3O. The van der Waals surface area contributed by atoms with Crippen LogP contribution in [0.3, 0.4) is 0 Å². The van der Waals surface area contributed by atoms with Gasteiger partial charge in [0.05, 0.1) is 12.2 Å². The second kappa shape index (κ2) is 6.55. The Labute approximate surface area is 122 Å². The molecule has 20 heavy (non-hydrogen) atoms. The molecule has 0 aliphatic carbocycles. The van der Waals surface area contributed by atoms with Gasteiger partial charge in [0, 0.05) is 31.9 Å². The van der Waals surface area contributed by atoms with Crippen LogP contribution in [0.1, 0.15) is 38.8 Å². The average molecular weight is 277 g/mol. The van der Waals surface area contributed by atoms with E-state index in [1.165, 1.54) is 11.1 Å². The SMILES string of the molecule is Cc1cc(CNC(C)C)cnc1N1CC(C)OC(C)C1. The fourth-order valence-corrected chi connectivity index (χ4v) is 2.73. The summed E-state index contributed by atoms with van der Waals surface area (Å²) in [5, 5.41) is 3.43. The van der Waals surface area contributed by atoms with Crippen molar-refractivity contribution in [3.05, 3.63) is 23.4 Å². The zero-order chi connectivity index (χ0) is 14.7. The van der Waals surface area contributed by atoms with E-state index in [0.29, 0.717) is 6.04 Å². The molecule has 1 aliphatic heterocycles. The first-order chi connectivity index (χ1) is 9.45. The summed E-state index contributed by atoms with van der Waals surface area (Å²) in [4.78, 5) is 7.02. The van der Waals surface area contributed by atoms with E-state index in [0.717, 1.165) is 25.5 Å². The van der Waals surface area contributed by atoms with Crippen LogP contribution in [-0.4, -0.2) is 36.3 Å². The molecular weight excluding hydrogens is 250 g/mol. The van der Waals surface area contributed by atoms with E-state index >= 15 is 0 Å². The van der Waals surface area contributed by atoms with Crippen LogP contribution < -0.4 is 10.2 Å². The molecule has 0 amide bonds. The molecule has 1 aliphatic rings. The minimum atomic E-state index is 0.266. The van der Waals surface area contributed by atoms with Gasteiger partial charge < -0.3 is 15.0 Å². The number of ether oxygens (including phenoxy) is 1. The van der Waals surface area contributed by atoms with Crippen LogP contribution in [0.4, 0.5) is 5.82 Å². The quantitative estimate of drug-likeness (QED) is 0.917. The molecule has 0 saturated carbocycles. The maximum atomic E-state index is 5.79. The van der Waals surface area contributed by atoms with Crippen LogP contribution in [-0.2, 0) is 11.3 Å². The summed E-state index contributed by atoms with van der Waals surface area (Å²) >= 11 is 0. The molecule has 112 valence electrons. The van der Waals surface area contributed by atoms with Crippen molar-refractivity contribution in [1.29, 1.82) is 0 Å². The highest BCUT2D eigenvalue weighted by Crippen LogP contribution is 2.22. The Morgan fingerprint density at radius 3 is 2.55 bits per heavy atom. The van der Waals surface area contributed by atoms with Gasteiger partial charge in [0.25, 0.3) is 0 Å². The van der Waals surface area contributed by atoms with Crippen LogP contribution in [0, 0.1) is 6.92 Å². The molecule has 2 rings (SSSR count). The van der Waals surface area contributed by atoms with Crippen molar-refractivity contribution in [2.45, 2.75) is 59.4 Å². The number of nitrogens with one attached hydrogen (secondary N) is 1. The van der Waals surface area contributed by atoms with E-state index in [-0.39, 0.29) is 12.2 Å². The lowest BCUT2D eigenvalue weighted by atomic mass is 10.1. The predicted molar refractivity (Wildman–Crippen MR) is 83.2 cm³/mol. The lowest BCUT2D eigenvalue weighted by Crippen LogP contribution is -2.46. The van der Waals surface area contributed by atoms with Crippen molar-refractivity contribution in [2.24, 2.45) is 0 Å². The summed E-state index contributed by atoms with van der Waals surface area (Å²) in [7, 11) is 0. The van der Waals surface area contributed by atoms with Gasteiger partial charge in [0.15, 0.2) is 0 Å². The summed E-state index contributed by atoms with van der Waals surface area (Å²) in [6.07, 6.45) is 2.52. The maximum Gasteiger partial charge on any atom is 0.131 e. The van der Waals surface area contributed by atoms with Gasteiger partial charge in [0.1, 0.15) is 5.82 Å². The van der Waals surface area contributed by atoms with E-state index in [2.05, 4.69) is 55.9 Å².